The van der Waals surface area contributed by atoms with Gasteiger partial charge in [-0.1, -0.05) is 20.8 Å². The van der Waals surface area contributed by atoms with Crippen LogP contribution in [0.3, 0.4) is 0 Å². The van der Waals surface area contributed by atoms with Crippen LogP contribution in [0.4, 0.5) is 0 Å². The Morgan fingerprint density at radius 2 is 2.04 bits per heavy atom. The van der Waals surface area contributed by atoms with Crippen molar-refractivity contribution < 1.29 is 9.59 Å². The second kappa shape index (κ2) is 10.4. The average Bonchev–Trinajstić information content (AvgIpc) is 2.48. The maximum atomic E-state index is 12.4. The summed E-state index contributed by atoms with van der Waals surface area (Å²) < 4.78 is 0. The summed E-state index contributed by atoms with van der Waals surface area (Å²) in [6.45, 7) is 7.85. The van der Waals surface area contributed by atoms with Gasteiger partial charge in [-0.05, 0) is 37.2 Å². The largest absolute Gasteiger partial charge is 0.355 e. The van der Waals surface area contributed by atoms with Crippen molar-refractivity contribution in [3.63, 3.8) is 0 Å². The smallest absolute Gasteiger partial charge is 0.239 e. The molecule has 5 nitrogen and oxygen atoms in total. The first-order valence-electron chi connectivity index (χ1n) is 8.07. The molecule has 0 radical (unpaired) electrons. The van der Waals surface area contributed by atoms with Crippen LogP contribution in [0.1, 0.15) is 40.0 Å². The van der Waals surface area contributed by atoms with Gasteiger partial charge >= 0.3 is 0 Å². The number of likely N-dealkylation sites (tertiary alicyclic amines) is 1. The van der Waals surface area contributed by atoms with Crippen molar-refractivity contribution in [2.75, 3.05) is 31.6 Å². The highest BCUT2D eigenvalue weighted by atomic mass is 35.5. The molecule has 0 aromatic carbocycles. The molecule has 1 aliphatic heterocycles. The SMILES string of the molecule is CSCC[C@H](N)C(=O)N1CCCC(CNC(=O)C(C)(C)C)C1.Cl. The van der Waals surface area contributed by atoms with Gasteiger partial charge in [-0.2, -0.15) is 11.8 Å². The lowest BCUT2D eigenvalue weighted by Crippen LogP contribution is -2.50. The van der Waals surface area contributed by atoms with E-state index in [1.807, 2.05) is 31.9 Å². The quantitative estimate of drug-likeness (QED) is 0.753. The highest BCUT2D eigenvalue weighted by molar-refractivity contribution is 7.98. The fraction of sp³-hybridized carbons (Fsp3) is 0.875. The number of carbonyl (C=O) groups excluding carboxylic acids is 2. The van der Waals surface area contributed by atoms with Crippen LogP contribution in [0.15, 0.2) is 0 Å². The van der Waals surface area contributed by atoms with Crippen LogP contribution in [0.2, 0.25) is 0 Å². The van der Waals surface area contributed by atoms with Crippen molar-refractivity contribution in [2.24, 2.45) is 17.1 Å². The normalized spacial score (nSPS) is 19.7. The van der Waals surface area contributed by atoms with Crippen molar-refractivity contribution >= 4 is 36.0 Å². The van der Waals surface area contributed by atoms with Gasteiger partial charge < -0.3 is 16.0 Å². The first-order valence-corrected chi connectivity index (χ1v) is 9.46. The first-order chi connectivity index (χ1) is 10.3. The monoisotopic (exact) mass is 365 g/mol. The summed E-state index contributed by atoms with van der Waals surface area (Å²) in [5, 5.41) is 3.00. The number of nitrogens with two attached hydrogens (primary N) is 1. The van der Waals surface area contributed by atoms with Crippen molar-refractivity contribution in [3.05, 3.63) is 0 Å². The van der Waals surface area contributed by atoms with E-state index in [4.69, 9.17) is 5.73 Å². The number of amides is 2. The number of halogens is 1. The Morgan fingerprint density at radius 3 is 2.61 bits per heavy atom. The summed E-state index contributed by atoms with van der Waals surface area (Å²) in [7, 11) is 0. The standard InChI is InChI=1S/C16H31N3O2S.ClH/c1-16(2,3)15(21)18-10-12-6-5-8-19(11-12)14(20)13(17)7-9-22-4;/h12-13H,5-11,17H2,1-4H3,(H,18,21);1H/t12?,13-;/m0./s1. The second-order valence-corrected chi connectivity index (χ2v) is 8.13. The summed E-state index contributed by atoms with van der Waals surface area (Å²) in [6.07, 6.45) is 4.78. The minimum atomic E-state index is -0.393. The first kappa shape index (κ1) is 22.5. The maximum Gasteiger partial charge on any atom is 0.239 e. The molecule has 0 bridgehead atoms. The van der Waals surface area contributed by atoms with Crippen LogP contribution in [-0.4, -0.2) is 54.4 Å². The number of carbonyl (C=O) groups is 2. The van der Waals surface area contributed by atoms with E-state index < -0.39 is 6.04 Å². The minimum absolute atomic E-state index is 0. The van der Waals surface area contributed by atoms with Crippen molar-refractivity contribution in [2.45, 2.75) is 46.1 Å². The zero-order chi connectivity index (χ0) is 16.8. The van der Waals surface area contributed by atoms with Crippen LogP contribution in [0, 0.1) is 11.3 Å². The van der Waals surface area contributed by atoms with Gasteiger partial charge in [0.05, 0.1) is 6.04 Å². The molecule has 0 spiro atoms. The number of nitrogens with zero attached hydrogens (tertiary/aromatic N) is 1. The summed E-state index contributed by atoms with van der Waals surface area (Å²) in [5.74, 6) is 1.36. The van der Waals surface area contributed by atoms with E-state index in [0.717, 1.165) is 31.6 Å². The Hall–Kier alpha value is -0.460. The Balaban J connectivity index is 0.00000484. The maximum absolute atomic E-state index is 12.4. The Bertz CT molecular complexity index is 388. The molecule has 1 saturated heterocycles. The highest BCUT2D eigenvalue weighted by Gasteiger charge is 2.28. The average molecular weight is 366 g/mol. The van der Waals surface area contributed by atoms with Gasteiger partial charge in [0.2, 0.25) is 11.8 Å². The van der Waals surface area contributed by atoms with Crippen LogP contribution in [-0.2, 0) is 9.59 Å². The lowest BCUT2D eigenvalue weighted by molar-refractivity contribution is -0.134. The molecule has 1 heterocycles. The van der Waals surface area contributed by atoms with Crippen molar-refractivity contribution in [1.29, 1.82) is 0 Å². The summed E-state index contributed by atoms with van der Waals surface area (Å²) in [5.41, 5.74) is 5.61. The van der Waals surface area contributed by atoms with Crippen LogP contribution >= 0.6 is 24.2 Å². The van der Waals surface area contributed by atoms with Crippen molar-refractivity contribution in [1.82, 2.24) is 10.2 Å². The van der Waals surface area contributed by atoms with Crippen molar-refractivity contribution in [3.8, 4) is 0 Å². The molecule has 0 aliphatic carbocycles. The lowest BCUT2D eigenvalue weighted by atomic mass is 9.93. The van der Waals surface area contributed by atoms with Crippen LogP contribution in [0.5, 0.6) is 0 Å². The topological polar surface area (TPSA) is 75.4 Å². The summed E-state index contributed by atoms with van der Waals surface area (Å²) >= 11 is 1.71. The number of hydrogen-bond acceptors (Lipinski definition) is 4. The van der Waals surface area contributed by atoms with Gasteiger partial charge in [-0.15, -0.1) is 12.4 Å². The number of rotatable bonds is 6. The molecule has 1 fully saturated rings. The molecule has 0 saturated carbocycles. The number of thioether (sulfide) groups is 1. The lowest BCUT2D eigenvalue weighted by Gasteiger charge is -2.34. The number of piperidine rings is 1. The third-order valence-electron chi connectivity index (χ3n) is 4.01. The zero-order valence-electron chi connectivity index (χ0n) is 14.8. The molecule has 1 rings (SSSR count). The molecular weight excluding hydrogens is 334 g/mol. The third-order valence-corrected chi connectivity index (χ3v) is 4.66. The molecule has 0 aromatic heterocycles. The minimum Gasteiger partial charge on any atom is -0.355 e. The molecule has 7 heteroatoms. The fourth-order valence-electron chi connectivity index (χ4n) is 2.54. The number of nitrogens with one attached hydrogen (secondary N) is 1. The van der Waals surface area contributed by atoms with E-state index >= 15 is 0 Å². The van der Waals surface area contributed by atoms with Crippen LogP contribution in [0.25, 0.3) is 0 Å². The second-order valence-electron chi connectivity index (χ2n) is 7.14. The van der Waals surface area contributed by atoms with Gasteiger partial charge in [-0.3, -0.25) is 9.59 Å². The van der Waals surface area contributed by atoms with Crippen LogP contribution < -0.4 is 11.1 Å². The summed E-state index contributed by atoms with van der Waals surface area (Å²) in [4.78, 5) is 26.2. The van der Waals surface area contributed by atoms with Gasteiger partial charge in [0.1, 0.15) is 0 Å². The van der Waals surface area contributed by atoms with E-state index in [2.05, 4.69) is 5.32 Å². The van der Waals surface area contributed by atoms with E-state index in [0.29, 0.717) is 19.0 Å². The molecule has 2 amide bonds. The number of hydrogen-bond donors (Lipinski definition) is 2. The molecule has 0 aromatic rings. The molecule has 1 aliphatic rings. The van der Waals surface area contributed by atoms with Gasteiger partial charge in [0.15, 0.2) is 0 Å². The van der Waals surface area contributed by atoms with E-state index in [-0.39, 0.29) is 29.6 Å². The fourth-order valence-corrected chi connectivity index (χ4v) is 3.03. The van der Waals surface area contributed by atoms with Gasteiger partial charge in [-0.25, -0.2) is 0 Å². The molecule has 23 heavy (non-hydrogen) atoms. The van der Waals surface area contributed by atoms with E-state index in [1.165, 1.54) is 0 Å². The molecule has 3 N–H and O–H groups in total. The Labute approximate surface area is 150 Å². The molecule has 2 atom stereocenters. The van der Waals surface area contributed by atoms with Gasteiger partial charge in [0.25, 0.3) is 0 Å². The zero-order valence-corrected chi connectivity index (χ0v) is 16.4. The molecule has 136 valence electrons. The van der Waals surface area contributed by atoms with Gasteiger partial charge in [0, 0.05) is 25.0 Å². The predicted octanol–water partition coefficient (Wildman–Crippen LogP) is 1.89. The molecule has 1 unspecified atom stereocenters. The molecular formula is C16H32ClN3O2S. The Morgan fingerprint density at radius 1 is 1.39 bits per heavy atom. The van der Waals surface area contributed by atoms with E-state index in [9.17, 15) is 9.59 Å². The third kappa shape index (κ3) is 7.77. The highest BCUT2D eigenvalue weighted by Crippen LogP contribution is 2.18. The predicted molar refractivity (Wildman–Crippen MR) is 100.0 cm³/mol. The summed E-state index contributed by atoms with van der Waals surface area (Å²) in [6, 6.07) is -0.393. The Kier molecular flexibility index (Phi) is 10.2. The van der Waals surface area contributed by atoms with E-state index in [1.54, 1.807) is 11.8 Å².